The summed E-state index contributed by atoms with van der Waals surface area (Å²) in [4.78, 5) is 26.4. The molecule has 3 heterocycles. The largest absolute Gasteiger partial charge is 0.466 e. The maximum Gasteiger partial charge on any atom is 0.309 e. The Balaban J connectivity index is 1.56. The minimum Gasteiger partial charge on any atom is -0.466 e. The van der Waals surface area contributed by atoms with Gasteiger partial charge in [0.2, 0.25) is 10.0 Å². The number of hydrogen-bond donors (Lipinski definition) is 0. The van der Waals surface area contributed by atoms with Crippen molar-refractivity contribution in [1.82, 2.24) is 14.4 Å². The van der Waals surface area contributed by atoms with Crippen LogP contribution in [0.1, 0.15) is 43.1 Å². The van der Waals surface area contributed by atoms with Gasteiger partial charge in [-0.15, -0.1) is 0 Å². The van der Waals surface area contributed by atoms with Gasteiger partial charge < -0.3 is 14.2 Å². The van der Waals surface area contributed by atoms with Gasteiger partial charge in [0.1, 0.15) is 0 Å². The maximum atomic E-state index is 13.2. The predicted molar refractivity (Wildman–Crippen MR) is 107 cm³/mol. The second-order valence-electron chi connectivity index (χ2n) is 7.62. The molecule has 1 aromatic carbocycles. The Morgan fingerprint density at radius 1 is 1.17 bits per heavy atom. The number of aromatic nitrogens is 1. The van der Waals surface area contributed by atoms with Gasteiger partial charge in [0.25, 0.3) is 5.91 Å². The summed E-state index contributed by atoms with van der Waals surface area (Å²) < 4.78 is 38.0. The van der Waals surface area contributed by atoms with Crippen LogP contribution in [0.2, 0.25) is 0 Å². The average Bonchev–Trinajstić information content (AvgIpc) is 3.43. The number of nitrogens with zero attached hydrogens (tertiary/aromatic N) is 3. The van der Waals surface area contributed by atoms with Gasteiger partial charge in [0.15, 0.2) is 11.3 Å². The topological polar surface area (TPSA) is 110 Å². The van der Waals surface area contributed by atoms with Crippen molar-refractivity contribution in [1.29, 1.82) is 0 Å². The molecule has 30 heavy (non-hydrogen) atoms. The van der Waals surface area contributed by atoms with Crippen molar-refractivity contribution in [3.63, 3.8) is 0 Å². The average molecular weight is 436 g/mol. The smallest absolute Gasteiger partial charge is 0.309 e. The van der Waals surface area contributed by atoms with Crippen LogP contribution in [0.25, 0.3) is 11.0 Å². The minimum absolute atomic E-state index is 0.0863. The Morgan fingerprint density at radius 3 is 2.53 bits per heavy atom. The standard InChI is InChI=1S/C20H25N3O6S/c1-2-28-20(25)14-7-11-23(12-8-14)30(26,27)15-5-6-17-16(13-15)18(21-29-17)19(24)22-9-3-4-10-22/h5-6,13-14H,2-4,7-12H2,1H3. The first-order valence-electron chi connectivity index (χ1n) is 10.3. The molecule has 9 nitrogen and oxygen atoms in total. The number of esters is 1. The molecule has 0 saturated carbocycles. The van der Waals surface area contributed by atoms with E-state index in [0.29, 0.717) is 43.5 Å². The lowest BCUT2D eigenvalue weighted by Gasteiger charge is -2.30. The van der Waals surface area contributed by atoms with Crippen LogP contribution < -0.4 is 0 Å². The number of sulfonamides is 1. The van der Waals surface area contributed by atoms with Crippen LogP contribution in [0, 0.1) is 5.92 Å². The third-order valence-electron chi connectivity index (χ3n) is 5.75. The zero-order chi connectivity index (χ0) is 21.3. The number of likely N-dealkylation sites (tertiary alicyclic amines) is 1. The number of amides is 1. The van der Waals surface area contributed by atoms with Crippen molar-refractivity contribution in [2.24, 2.45) is 5.92 Å². The molecule has 0 N–H and O–H groups in total. The highest BCUT2D eigenvalue weighted by atomic mass is 32.2. The highest BCUT2D eigenvalue weighted by Gasteiger charge is 2.33. The lowest BCUT2D eigenvalue weighted by atomic mass is 9.98. The quantitative estimate of drug-likeness (QED) is 0.661. The number of carbonyl (C=O) groups is 2. The highest BCUT2D eigenvalue weighted by Crippen LogP contribution is 2.29. The van der Waals surface area contributed by atoms with Gasteiger partial charge in [-0.1, -0.05) is 5.16 Å². The van der Waals surface area contributed by atoms with Gasteiger partial charge >= 0.3 is 5.97 Å². The Bertz CT molecular complexity index is 1050. The summed E-state index contributed by atoms with van der Waals surface area (Å²) in [7, 11) is -3.77. The van der Waals surface area contributed by atoms with Gasteiger partial charge in [-0.05, 0) is 50.8 Å². The first-order chi connectivity index (χ1) is 14.4. The molecule has 1 aromatic heterocycles. The van der Waals surface area contributed by atoms with E-state index in [1.165, 1.54) is 22.5 Å². The number of piperidine rings is 1. The number of hydrogen-bond acceptors (Lipinski definition) is 7. The van der Waals surface area contributed by atoms with E-state index < -0.39 is 10.0 Å². The SMILES string of the molecule is CCOC(=O)C1CCN(S(=O)(=O)c2ccc3onc(C(=O)N4CCCC4)c3c2)CC1. The van der Waals surface area contributed by atoms with Crippen molar-refractivity contribution in [3.05, 3.63) is 23.9 Å². The first-order valence-corrected chi connectivity index (χ1v) is 11.7. The minimum atomic E-state index is -3.77. The summed E-state index contributed by atoms with van der Waals surface area (Å²) in [6.07, 6.45) is 2.74. The third kappa shape index (κ3) is 3.81. The molecule has 2 aliphatic rings. The van der Waals surface area contributed by atoms with Crippen molar-refractivity contribution >= 4 is 32.9 Å². The van der Waals surface area contributed by atoms with Gasteiger partial charge in [-0.3, -0.25) is 9.59 Å². The highest BCUT2D eigenvalue weighted by molar-refractivity contribution is 7.89. The van der Waals surface area contributed by atoms with Crippen LogP contribution in [0.4, 0.5) is 0 Å². The zero-order valence-electron chi connectivity index (χ0n) is 16.9. The summed E-state index contributed by atoms with van der Waals surface area (Å²) in [5, 5.41) is 4.29. The molecular formula is C20H25N3O6S. The Kier molecular flexibility index (Phi) is 5.79. The number of benzene rings is 1. The van der Waals surface area contributed by atoms with Gasteiger partial charge in [-0.25, -0.2) is 8.42 Å². The Hall–Kier alpha value is -2.46. The maximum absolute atomic E-state index is 13.2. The molecule has 2 saturated heterocycles. The van der Waals surface area contributed by atoms with E-state index in [0.717, 1.165) is 12.8 Å². The number of rotatable bonds is 5. The molecule has 2 aliphatic heterocycles. The van der Waals surface area contributed by atoms with Gasteiger partial charge in [0.05, 0.1) is 22.8 Å². The molecule has 2 fully saturated rings. The Labute approximate surface area is 175 Å². The number of fused-ring (bicyclic) bond motifs is 1. The number of ether oxygens (including phenoxy) is 1. The summed E-state index contributed by atoms with van der Waals surface area (Å²) in [5.74, 6) is -0.789. The fourth-order valence-corrected chi connectivity index (χ4v) is 5.54. The second kappa shape index (κ2) is 8.35. The van der Waals surface area contributed by atoms with E-state index in [1.807, 2.05) is 0 Å². The normalized spacial score (nSPS) is 18.8. The van der Waals surface area contributed by atoms with Crippen molar-refractivity contribution < 1.29 is 27.3 Å². The summed E-state index contributed by atoms with van der Waals surface area (Å²) in [6, 6.07) is 4.45. The lowest BCUT2D eigenvalue weighted by Crippen LogP contribution is -2.40. The van der Waals surface area contributed by atoms with Crippen molar-refractivity contribution in [2.45, 2.75) is 37.5 Å². The summed E-state index contributed by atoms with van der Waals surface area (Å²) in [5.41, 5.74) is 0.516. The van der Waals surface area contributed by atoms with E-state index in [1.54, 1.807) is 11.8 Å². The summed E-state index contributed by atoms with van der Waals surface area (Å²) >= 11 is 0. The van der Waals surface area contributed by atoms with Crippen LogP contribution in [0.5, 0.6) is 0 Å². The van der Waals surface area contributed by atoms with E-state index in [-0.39, 0.29) is 41.5 Å². The van der Waals surface area contributed by atoms with Crippen LogP contribution in [0.3, 0.4) is 0 Å². The van der Waals surface area contributed by atoms with E-state index in [2.05, 4.69) is 5.16 Å². The summed E-state index contributed by atoms with van der Waals surface area (Å²) in [6.45, 7) is 3.89. The van der Waals surface area contributed by atoms with E-state index in [4.69, 9.17) is 9.26 Å². The van der Waals surface area contributed by atoms with Gasteiger partial charge in [0, 0.05) is 26.2 Å². The Morgan fingerprint density at radius 2 is 1.87 bits per heavy atom. The number of carbonyl (C=O) groups excluding carboxylic acids is 2. The molecule has 2 aromatic rings. The molecule has 0 atom stereocenters. The molecule has 1 amide bonds. The van der Waals surface area contributed by atoms with Gasteiger partial charge in [-0.2, -0.15) is 4.31 Å². The van der Waals surface area contributed by atoms with Crippen LogP contribution >= 0.6 is 0 Å². The van der Waals surface area contributed by atoms with E-state index >= 15 is 0 Å². The molecule has 162 valence electrons. The molecule has 4 rings (SSSR count). The van der Waals surface area contributed by atoms with Crippen LogP contribution in [-0.2, 0) is 19.6 Å². The van der Waals surface area contributed by atoms with Crippen LogP contribution in [-0.4, -0.2) is 67.4 Å². The molecule has 0 aliphatic carbocycles. The third-order valence-corrected chi connectivity index (χ3v) is 7.64. The van der Waals surface area contributed by atoms with E-state index in [9.17, 15) is 18.0 Å². The lowest BCUT2D eigenvalue weighted by molar-refractivity contribution is -0.149. The van der Waals surface area contributed by atoms with Crippen molar-refractivity contribution in [2.75, 3.05) is 32.8 Å². The zero-order valence-corrected chi connectivity index (χ0v) is 17.7. The monoisotopic (exact) mass is 435 g/mol. The van der Waals surface area contributed by atoms with Crippen molar-refractivity contribution in [3.8, 4) is 0 Å². The molecule has 0 unspecified atom stereocenters. The molecule has 0 spiro atoms. The fraction of sp³-hybridized carbons (Fsp3) is 0.550. The molecular weight excluding hydrogens is 410 g/mol. The predicted octanol–water partition coefficient (Wildman–Crippen LogP) is 2.03. The fourth-order valence-electron chi connectivity index (χ4n) is 4.04. The molecule has 0 bridgehead atoms. The first kappa shape index (κ1) is 20.8. The second-order valence-corrected chi connectivity index (χ2v) is 9.56. The molecule has 0 radical (unpaired) electrons. The van der Waals surface area contributed by atoms with Crippen LogP contribution in [0.15, 0.2) is 27.6 Å². The molecule has 10 heteroatoms.